The van der Waals surface area contributed by atoms with Gasteiger partial charge in [-0.2, -0.15) is 0 Å². The molecule has 1 aliphatic rings. The molecule has 0 unspecified atom stereocenters. The number of rotatable bonds is 9. The second kappa shape index (κ2) is 11.8. The molecule has 0 atom stereocenters. The lowest BCUT2D eigenvalue weighted by atomic mass is 10.1. The van der Waals surface area contributed by atoms with Crippen LogP contribution in [0, 0.1) is 6.92 Å². The van der Waals surface area contributed by atoms with E-state index in [1.54, 1.807) is 0 Å². The average molecular weight is 375 g/mol. The van der Waals surface area contributed by atoms with Crippen molar-refractivity contribution in [3.63, 3.8) is 0 Å². The molecule has 0 spiro atoms. The van der Waals surface area contributed by atoms with Crippen molar-refractivity contribution in [1.82, 2.24) is 20.5 Å². The molecular formula is C21H38N6. The predicted octanol–water partition coefficient (Wildman–Crippen LogP) is 2.65. The fraction of sp³-hybridized carbons (Fsp3) is 0.714. The van der Waals surface area contributed by atoms with Crippen molar-refractivity contribution in [2.75, 3.05) is 50.7 Å². The van der Waals surface area contributed by atoms with Gasteiger partial charge in [0.15, 0.2) is 5.96 Å². The lowest BCUT2D eigenvalue weighted by Gasteiger charge is -2.34. The molecule has 0 saturated carbocycles. The van der Waals surface area contributed by atoms with E-state index in [9.17, 15) is 0 Å². The Balaban J connectivity index is 1.80. The number of aromatic nitrogens is 1. The van der Waals surface area contributed by atoms with E-state index >= 15 is 0 Å². The number of nitrogens with zero attached hydrogens (tertiary/aromatic N) is 4. The van der Waals surface area contributed by atoms with E-state index in [4.69, 9.17) is 4.99 Å². The van der Waals surface area contributed by atoms with Crippen LogP contribution in [0.15, 0.2) is 23.3 Å². The van der Waals surface area contributed by atoms with E-state index in [2.05, 4.69) is 65.2 Å². The first-order chi connectivity index (χ1) is 13.2. The van der Waals surface area contributed by atoms with Crippen molar-refractivity contribution in [1.29, 1.82) is 0 Å². The van der Waals surface area contributed by atoms with Crippen LogP contribution in [0.3, 0.4) is 0 Å². The van der Waals surface area contributed by atoms with E-state index < -0.39 is 0 Å². The molecule has 0 radical (unpaired) electrons. The maximum Gasteiger partial charge on any atom is 0.191 e. The highest BCUT2D eigenvalue weighted by molar-refractivity contribution is 5.80. The monoisotopic (exact) mass is 374 g/mol. The molecule has 1 saturated heterocycles. The number of piperidine rings is 1. The number of anilines is 1. The second-order valence-corrected chi connectivity index (χ2v) is 7.29. The fourth-order valence-electron chi connectivity index (χ4n) is 3.46. The summed E-state index contributed by atoms with van der Waals surface area (Å²) in [5, 5.41) is 7.03. The number of nitrogens with one attached hydrogen (secondary N) is 2. The number of hydrogen-bond donors (Lipinski definition) is 2. The summed E-state index contributed by atoms with van der Waals surface area (Å²) in [5.74, 6) is 2.05. The normalized spacial score (nSPS) is 16.0. The molecular weight excluding hydrogens is 336 g/mol. The van der Waals surface area contributed by atoms with Gasteiger partial charge >= 0.3 is 0 Å². The van der Waals surface area contributed by atoms with Crippen molar-refractivity contribution in [2.45, 2.75) is 53.0 Å². The topological polar surface area (TPSA) is 55.8 Å². The third-order valence-electron chi connectivity index (χ3n) is 5.07. The molecule has 1 fully saturated rings. The first-order valence-electron chi connectivity index (χ1n) is 10.6. The standard InChI is InChI=1S/C21H38N6/c1-5-13-26(7-3)16-12-23-21(22-6-2)25-19-10-14-27(15-11-19)20-9-8-18(4)17-24-20/h8-9,17,19H,5-7,10-16H2,1-4H3,(H2,22,23,25). The number of likely N-dealkylation sites (N-methyl/N-ethyl adjacent to an activating group) is 1. The number of aliphatic imine (C=N–C) groups is 1. The zero-order chi connectivity index (χ0) is 19.5. The van der Waals surface area contributed by atoms with Gasteiger partial charge in [0.1, 0.15) is 5.82 Å². The van der Waals surface area contributed by atoms with Crippen molar-refractivity contribution >= 4 is 11.8 Å². The molecule has 2 N–H and O–H groups in total. The van der Waals surface area contributed by atoms with Gasteiger partial charge in [0.2, 0.25) is 0 Å². The van der Waals surface area contributed by atoms with Gasteiger partial charge in [-0.25, -0.2) is 4.98 Å². The SMILES string of the molecule is CCCN(CC)CCN=C(NCC)NC1CCN(c2ccc(C)cn2)CC1. The number of guanidine groups is 1. The molecule has 1 aliphatic heterocycles. The van der Waals surface area contributed by atoms with Gasteiger partial charge in [-0.05, 0) is 57.8 Å². The minimum absolute atomic E-state index is 0.474. The van der Waals surface area contributed by atoms with Crippen LogP contribution >= 0.6 is 0 Å². The summed E-state index contributed by atoms with van der Waals surface area (Å²) in [5.41, 5.74) is 1.21. The van der Waals surface area contributed by atoms with Gasteiger partial charge < -0.3 is 20.4 Å². The zero-order valence-corrected chi connectivity index (χ0v) is 17.7. The highest BCUT2D eigenvalue weighted by Crippen LogP contribution is 2.17. The molecule has 27 heavy (non-hydrogen) atoms. The summed E-state index contributed by atoms with van der Waals surface area (Å²) < 4.78 is 0. The summed E-state index contributed by atoms with van der Waals surface area (Å²) in [7, 11) is 0. The highest BCUT2D eigenvalue weighted by atomic mass is 15.2. The third-order valence-corrected chi connectivity index (χ3v) is 5.07. The summed E-state index contributed by atoms with van der Waals surface area (Å²) in [4.78, 5) is 14.2. The largest absolute Gasteiger partial charge is 0.357 e. The van der Waals surface area contributed by atoms with Crippen LogP contribution in [0.4, 0.5) is 5.82 Å². The maximum absolute atomic E-state index is 4.79. The van der Waals surface area contributed by atoms with E-state index in [1.165, 1.54) is 12.0 Å². The molecule has 6 nitrogen and oxygen atoms in total. The molecule has 1 aromatic heterocycles. The van der Waals surface area contributed by atoms with Crippen LogP contribution < -0.4 is 15.5 Å². The van der Waals surface area contributed by atoms with Crippen molar-refractivity contribution in [3.8, 4) is 0 Å². The number of pyridine rings is 1. The smallest absolute Gasteiger partial charge is 0.191 e. The summed E-state index contributed by atoms with van der Waals surface area (Å²) in [6, 6.07) is 4.74. The van der Waals surface area contributed by atoms with Crippen molar-refractivity contribution in [2.24, 2.45) is 4.99 Å². The lowest BCUT2D eigenvalue weighted by molar-refractivity contribution is 0.297. The van der Waals surface area contributed by atoms with E-state index in [-0.39, 0.29) is 0 Å². The summed E-state index contributed by atoms with van der Waals surface area (Å²) in [6.45, 7) is 15.7. The second-order valence-electron chi connectivity index (χ2n) is 7.29. The Morgan fingerprint density at radius 2 is 2.00 bits per heavy atom. The first kappa shape index (κ1) is 21.5. The molecule has 0 aliphatic carbocycles. The van der Waals surface area contributed by atoms with E-state index in [0.29, 0.717) is 6.04 Å². The molecule has 152 valence electrons. The van der Waals surface area contributed by atoms with E-state index in [0.717, 1.165) is 70.4 Å². The van der Waals surface area contributed by atoms with Gasteiger partial charge in [-0.1, -0.05) is 19.9 Å². The van der Waals surface area contributed by atoms with Gasteiger partial charge in [0.25, 0.3) is 0 Å². The van der Waals surface area contributed by atoms with Gasteiger partial charge in [-0.15, -0.1) is 0 Å². The van der Waals surface area contributed by atoms with Gasteiger partial charge in [-0.3, -0.25) is 4.99 Å². The Hall–Kier alpha value is -1.82. The van der Waals surface area contributed by atoms with E-state index in [1.807, 2.05) is 6.20 Å². The highest BCUT2D eigenvalue weighted by Gasteiger charge is 2.20. The quantitative estimate of drug-likeness (QED) is 0.514. The number of hydrogen-bond acceptors (Lipinski definition) is 4. The van der Waals surface area contributed by atoms with Crippen LogP contribution in [-0.4, -0.2) is 67.7 Å². The molecule has 2 heterocycles. The minimum Gasteiger partial charge on any atom is -0.357 e. The fourth-order valence-corrected chi connectivity index (χ4v) is 3.46. The number of aryl methyl sites for hydroxylation is 1. The minimum atomic E-state index is 0.474. The molecule has 0 amide bonds. The van der Waals surface area contributed by atoms with Crippen LogP contribution in [0.25, 0.3) is 0 Å². The summed E-state index contributed by atoms with van der Waals surface area (Å²) >= 11 is 0. The van der Waals surface area contributed by atoms with Crippen molar-refractivity contribution in [3.05, 3.63) is 23.9 Å². The van der Waals surface area contributed by atoms with Gasteiger partial charge in [0.05, 0.1) is 6.54 Å². The molecule has 2 rings (SSSR count). The van der Waals surface area contributed by atoms with Crippen LogP contribution in [0.1, 0.15) is 45.6 Å². The molecule has 0 aromatic carbocycles. The zero-order valence-electron chi connectivity index (χ0n) is 17.7. The Bertz CT molecular complexity index is 548. The molecule has 6 heteroatoms. The molecule has 1 aromatic rings. The van der Waals surface area contributed by atoms with Gasteiger partial charge in [0, 0.05) is 38.4 Å². The molecule has 0 bridgehead atoms. The predicted molar refractivity (Wildman–Crippen MR) is 116 cm³/mol. The average Bonchev–Trinajstić information content (AvgIpc) is 2.68. The Labute approximate surface area is 165 Å². The lowest BCUT2D eigenvalue weighted by Crippen LogP contribution is -2.49. The Kier molecular flexibility index (Phi) is 9.39. The Morgan fingerprint density at radius 3 is 2.59 bits per heavy atom. The van der Waals surface area contributed by atoms with Crippen LogP contribution in [-0.2, 0) is 0 Å². The van der Waals surface area contributed by atoms with Crippen LogP contribution in [0.5, 0.6) is 0 Å². The summed E-state index contributed by atoms with van der Waals surface area (Å²) in [6.07, 6.45) is 5.37. The first-order valence-corrected chi connectivity index (χ1v) is 10.6. The maximum atomic E-state index is 4.79. The van der Waals surface area contributed by atoms with Crippen LogP contribution in [0.2, 0.25) is 0 Å². The Morgan fingerprint density at radius 1 is 1.22 bits per heavy atom. The van der Waals surface area contributed by atoms with Crippen molar-refractivity contribution < 1.29 is 0 Å². The third kappa shape index (κ3) is 7.37.